The van der Waals surface area contributed by atoms with Gasteiger partial charge in [0.05, 0.1) is 5.75 Å². The Bertz CT molecular complexity index is 483. The maximum Gasteiger partial charge on any atom is 0.218 e. The van der Waals surface area contributed by atoms with Crippen LogP contribution in [0.5, 0.6) is 0 Å². The Hall–Kier alpha value is -0.620. The summed E-state index contributed by atoms with van der Waals surface area (Å²) < 4.78 is 26.3. The number of halogens is 1. The van der Waals surface area contributed by atoms with E-state index in [0.29, 0.717) is 13.1 Å². The van der Waals surface area contributed by atoms with Gasteiger partial charge in [0.25, 0.3) is 0 Å². The van der Waals surface area contributed by atoms with Gasteiger partial charge in [-0.15, -0.1) is 12.4 Å². The van der Waals surface area contributed by atoms with Crippen LogP contribution in [0.25, 0.3) is 0 Å². The van der Waals surface area contributed by atoms with E-state index in [4.69, 9.17) is 0 Å². The average Bonchev–Trinajstić information content (AvgIpc) is 2.28. The van der Waals surface area contributed by atoms with Crippen molar-refractivity contribution in [2.75, 3.05) is 13.1 Å². The number of rotatable bonds is 3. The molecule has 108 valence electrons. The molecule has 1 aliphatic rings. The molecule has 19 heavy (non-hydrogen) atoms. The monoisotopic (exact) mass is 304 g/mol. The first-order valence-corrected chi connectivity index (χ1v) is 7.86. The Morgan fingerprint density at radius 2 is 1.68 bits per heavy atom. The summed E-state index contributed by atoms with van der Waals surface area (Å²) in [5.74, 6) is 0.0906. The van der Waals surface area contributed by atoms with Crippen molar-refractivity contribution in [3.05, 3.63) is 35.9 Å². The van der Waals surface area contributed by atoms with Gasteiger partial charge < -0.3 is 5.32 Å². The molecule has 2 atom stereocenters. The van der Waals surface area contributed by atoms with Crippen LogP contribution in [0.4, 0.5) is 0 Å². The summed E-state index contributed by atoms with van der Waals surface area (Å²) in [7, 11) is -3.21. The number of hydrogen-bond donors (Lipinski definition) is 1. The lowest BCUT2D eigenvalue weighted by Gasteiger charge is -2.35. The number of piperazine rings is 1. The molecule has 1 saturated heterocycles. The van der Waals surface area contributed by atoms with Crippen molar-refractivity contribution < 1.29 is 8.42 Å². The van der Waals surface area contributed by atoms with E-state index in [1.54, 1.807) is 4.31 Å². The fraction of sp³-hybridized carbons (Fsp3) is 0.538. The van der Waals surface area contributed by atoms with Crippen LogP contribution in [-0.4, -0.2) is 37.9 Å². The van der Waals surface area contributed by atoms with Crippen molar-refractivity contribution in [1.29, 1.82) is 0 Å². The molecule has 0 aromatic heterocycles. The molecule has 1 aromatic rings. The predicted octanol–water partition coefficient (Wildman–Crippen LogP) is 1.62. The van der Waals surface area contributed by atoms with Gasteiger partial charge in [0, 0.05) is 25.2 Å². The molecule has 2 rings (SSSR count). The highest BCUT2D eigenvalue weighted by Gasteiger charge is 2.29. The van der Waals surface area contributed by atoms with Crippen molar-refractivity contribution in [2.45, 2.75) is 31.7 Å². The Labute approximate surface area is 121 Å². The number of benzene rings is 1. The van der Waals surface area contributed by atoms with Crippen LogP contribution < -0.4 is 5.32 Å². The van der Waals surface area contributed by atoms with Gasteiger partial charge in [-0.05, 0) is 19.4 Å². The number of sulfonamides is 1. The van der Waals surface area contributed by atoms with E-state index in [9.17, 15) is 8.42 Å². The molecule has 1 fully saturated rings. The molecule has 0 radical (unpaired) electrons. The molecule has 1 aliphatic heterocycles. The van der Waals surface area contributed by atoms with Gasteiger partial charge in [0.15, 0.2) is 0 Å². The van der Waals surface area contributed by atoms with Crippen LogP contribution in [0.1, 0.15) is 19.4 Å². The normalized spacial score (nSPS) is 24.7. The Balaban J connectivity index is 0.00000180. The minimum atomic E-state index is -3.21. The second kappa shape index (κ2) is 6.70. The highest BCUT2D eigenvalue weighted by atomic mass is 35.5. The molecule has 4 nitrogen and oxygen atoms in total. The van der Waals surface area contributed by atoms with E-state index in [0.717, 1.165) is 5.56 Å². The van der Waals surface area contributed by atoms with Gasteiger partial charge in [-0.1, -0.05) is 30.3 Å². The summed E-state index contributed by atoms with van der Waals surface area (Å²) in [6.07, 6.45) is 0. The summed E-state index contributed by atoms with van der Waals surface area (Å²) in [6, 6.07) is 9.75. The van der Waals surface area contributed by atoms with Crippen LogP contribution >= 0.6 is 12.4 Å². The molecule has 2 unspecified atom stereocenters. The zero-order valence-corrected chi connectivity index (χ0v) is 12.9. The van der Waals surface area contributed by atoms with E-state index in [2.05, 4.69) is 5.32 Å². The number of nitrogens with one attached hydrogen (secondary N) is 1. The molecule has 0 saturated carbocycles. The lowest BCUT2D eigenvalue weighted by atomic mass is 10.2. The first kappa shape index (κ1) is 16.4. The predicted molar refractivity (Wildman–Crippen MR) is 79.9 cm³/mol. The zero-order chi connectivity index (χ0) is 13.2. The van der Waals surface area contributed by atoms with Crippen molar-refractivity contribution in [2.24, 2.45) is 0 Å². The summed E-state index contributed by atoms with van der Waals surface area (Å²) in [5.41, 5.74) is 0.844. The Kier molecular flexibility index (Phi) is 5.80. The molecular formula is C13H21ClN2O2S. The molecular weight excluding hydrogens is 284 g/mol. The van der Waals surface area contributed by atoms with Crippen molar-refractivity contribution >= 4 is 22.4 Å². The van der Waals surface area contributed by atoms with Crippen LogP contribution in [-0.2, 0) is 15.8 Å². The third kappa shape index (κ3) is 4.45. The van der Waals surface area contributed by atoms with Gasteiger partial charge >= 0.3 is 0 Å². The fourth-order valence-corrected chi connectivity index (χ4v) is 4.08. The van der Waals surface area contributed by atoms with E-state index < -0.39 is 10.0 Å². The first-order chi connectivity index (χ1) is 8.47. The van der Waals surface area contributed by atoms with Gasteiger partial charge in [-0.3, -0.25) is 0 Å². The molecule has 1 N–H and O–H groups in total. The number of nitrogens with zero attached hydrogens (tertiary/aromatic N) is 1. The minimum Gasteiger partial charge on any atom is -0.309 e. The minimum absolute atomic E-state index is 0. The van der Waals surface area contributed by atoms with Crippen molar-refractivity contribution in [3.8, 4) is 0 Å². The molecule has 0 amide bonds. The molecule has 0 spiro atoms. The maximum absolute atomic E-state index is 12.3. The molecule has 1 heterocycles. The summed E-state index contributed by atoms with van der Waals surface area (Å²) in [5, 5.41) is 3.34. The van der Waals surface area contributed by atoms with E-state index in [1.807, 2.05) is 44.2 Å². The van der Waals surface area contributed by atoms with E-state index in [1.165, 1.54) is 0 Å². The number of hydrogen-bond acceptors (Lipinski definition) is 3. The summed E-state index contributed by atoms with van der Waals surface area (Å²) >= 11 is 0. The summed E-state index contributed by atoms with van der Waals surface area (Å²) in [4.78, 5) is 0. The second-order valence-corrected chi connectivity index (χ2v) is 7.00. The van der Waals surface area contributed by atoms with Gasteiger partial charge in [0.1, 0.15) is 0 Å². The largest absolute Gasteiger partial charge is 0.309 e. The van der Waals surface area contributed by atoms with Crippen LogP contribution in [0.15, 0.2) is 30.3 Å². The third-order valence-corrected chi connectivity index (χ3v) is 4.89. The fourth-order valence-electron chi connectivity index (χ4n) is 2.38. The lowest BCUT2D eigenvalue weighted by Crippen LogP contribution is -2.55. The van der Waals surface area contributed by atoms with E-state index in [-0.39, 0.29) is 30.2 Å². The van der Waals surface area contributed by atoms with E-state index >= 15 is 0 Å². The van der Waals surface area contributed by atoms with Crippen LogP contribution in [0.2, 0.25) is 0 Å². The van der Waals surface area contributed by atoms with Crippen molar-refractivity contribution in [3.63, 3.8) is 0 Å². The molecule has 6 heteroatoms. The molecule has 0 bridgehead atoms. The molecule has 1 aromatic carbocycles. The highest BCUT2D eigenvalue weighted by molar-refractivity contribution is 7.88. The lowest BCUT2D eigenvalue weighted by molar-refractivity contribution is 0.262. The zero-order valence-electron chi connectivity index (χ0n) is 11.2. The molecule has 0 aliphatic carbocycles. The first-order valence-electron chi connectivity index (χ1n) is 6.25. The standard InChI is InChI=1S/C13H20N2O2S.ClH/c1-11-8-15(9-12(2)14-11)18(16,17)10-13-6-4-3-5-7-13;/h3-7,11-12,14H,8-10H2,1-2H3;1H. The van der Waals surface area contributed by atoms with Gasteiger partial charge in [-0.2, -0.15) is 4.31 Å². The van der Waals surface area contributed by atoms with Crippen molar-refractivity contribution in [1.82, 2.24) is 9.62 Å². The van der Waals surface area contributed by atoms with Gasteiger partial charge in [0.2, 0.25) is 10.0 Å². The highest BCUT2D eigenvalue weighted by Crippen LogP contribution is 2.14. The Morgan fingerprint density at radius 3 is 2.21 bits per heavy atom. The summed E-state index contributed by atoms with van der Waals surface area (Å²) in [6.45, 7) is 5.14. The van der Waals surface area contributed by atoms with Gasteiger partial charge in [-0.25, -0.2) is 8.42 Å². The SMILES string of the molecule is CC1CN(S(=O)(=O)Cc2ccccc2)CC(C)N1.Cl. The van der Waals surface area contributed by atoms with Crippen LogP contribution in [0.3, 0.4) is 0 Å². The van der Waals surface area contributed by atoms with Crippen LogP contribution in [0, 0.1) is 0 Å². The topological polar surface area (TPSA) is 49.4 Å². The third-order valence-electron chi connectivity index (χ3n) is 3.11. The second-order valence-electron chi connectivity index (χ2n) is 5.03. The quantitative estimate of drug-likeness (QED) is 0.923. The smallest absolute Gasteiger partial charge is 0.218 e. The Morgan fingerprint density at radius 1 is 1.16 bits per heavy atom. The average molecular weight is 305 g/mol. The maximum atomic E-state index is 12.3.